The predicted molar refractivity (Wildman–Crippen MR) is 141 cm³/mol. The number of nitrogens with zero attached hydrogens (tertiary/aromatic N) is 1. The average Bonchev–Trinajstić information content (AvgIpc) is 3.15. The number of methoxy groups -OCH3 is 1. The van der Waals surface area contributed by atoms with E-state index >= 15 is 0 Å². The molecule has 0 aromatic heterocycles. The molecule has 1 aliphatic rings. The summed E-state index contributed by atoms with van der Waals surface area (Å²) in [4.78, 5) is 14.1. The van der Waals surface area contributed by atoms with Gasteiger partial charge < -0.3 is 9.64 Å². The highest BCUT2D eigenvalue weighted by molar-refractivity contribution is 5.78. The van der Waals surface area contributed by atoms with Crippen LogP contribution in [0.2, 0.25) is 0 Å². The number of Topliss-reactive ketones (excluding diaryl/α,β-unsaturated/α-hetero) is 1. The number of carbonyl (C=O) groups is 1. The Morgan fingerprint density at radius 1 is 1.06 bits per heavy atom. The van der Waals surface area contributed by atoms with Crippen LogP contribution in [0.5, 0.6) is 5.75 Å². The van der Waals surface area contributed by atoms with Gasteiger partial charge in [-0.05, 0) is 94.5 Å². The zero-order valence-corrected chi connectivity index (χ0v) is 22.3. The second kappa shape index (κ2) is 15.5. The number of ether oxygens (including phenoxy) is 1. The number of benzene rings is 1. The van der Waals surface area contributed by atoms with Crippen molar-refractivity contribution in [3.05, 3.63) is 29.8 Å². The zero-order valence-electron chi connectivity index (χ0n) is 22.3. The molecule has 2 rings (SSSR count). The highest BCUT2D eigenvalue weighted by atomic mass is 16.5. The lowest BCUT2D eigenvalue weighted by molar-refractivity contribution is -0.119. The van der Waals surface area contributed by atoms with Gasteiger partial charge in [0.25, 0.3) is 0 Å². The molecule has 1 saturated carbocycles. The first-order valence-corrected chi connectivity index (χ1v) is 13.8. The molecule has 0 heterocycles. The van der Waals surface area contributed by atoms with Crippen molar-refractivity contribution in [1.82, 2.24) is 4.90 Å². The van der Waals surface area contributed by atoms with Crippen LogP contribution in [0.4, 0.5) is 0 Å². The minimum atomic E-state index is 0.462. The minimum Gasteiger partial charge on any atom is -0.497 e. The molecule has 1 fully saturated rings. The lowest BCUT2D eigenvalue weighted by Gasteiger charge is -2.29. The molecule has 0 saturated heterocycles. The van der Waals surface area contributed by atoms with Crippen molar-refractivity contribution in [3.63, 3.8) is 0 Å². The molecule has 1 aromatic carbocycles. The van der Waals surface area contributed by atoms with Gasteiger partial charge in [-0.3, -0.25) is 4.79 Å². The summed E-state index contributed by atoms with van der Waals surface area (Å²) in [5, 5.41) is 0. The maximum atomic E-state index is 11.7. The minimum absolute atomic E-state index is 0.462. The lowest BCUT2D eigenvalue weighted by atomic mass is 9.82. The summed E-state index contributed by atoms with van der Waals surface area (Å²) < 4.78 is 5.40. The van der Waals surface area contributed by atoms with Gasteiger partial charge in [-0.2, -0.15) is 0 Å². The molecular weight excluding hydrogens is 406 g/mol. The second-order valence-corrected chi connectivity index (χ2v) is 10.8. The zero-order chi connectivity index (χ0) is 24.1. The summed E-state index contributed by atoms with van der Waals surface area (Å²) in [6.45, 7) is 4.59. The fraction of sp³-hybridized carbons (Fsp3) is 0.767. The molecule has 188 valence electrons. The molecule has 33 heavy (non-hydrogen) atoms. The second-order valence-electron chi connectivity index (χ2n) is 10.8. The van der Waals surface area contributed by atoms with Gasteiger partial charge in [-0.15, -0.1) is 0 Å². The van der Waals surface area contributed by atoms with Crippen LogP contribution in [-0.2, 0) is 11.2 Å². The standard InChI is InChI=1S/C30H51NO2/c1-6-12-28(32)15-10-8-7-9-14-26-19-17-24(2)30(26)22-21-27(31(3)4)20-18-25-13-11-16-29(23-25)33-5/h11,13,16,23-24,26-27,30H,6-10,12,14-15,17-22H2,1-5H3/t24-,26+,27?,30?/m1/s1. The SMILES string of the molecule is CCCC(=O)CCCCCC[C@H]1CC[C@@H](C)C1CCC(CCc1cccc(OC)c1)N(C)C. The van der Waals surface area contributed by atoms with Crippen LogP contribution in [0.25, 0.3) is 0 Å². The summed E-state index contributed by atoms with van der Waals surface area (Å²) in [5.41, 5.74) is 1.38. The molecule has 1 aliphatic carbocycles. The van der Waals surface area contributed by atoms with Crippen molar-refractivity contribution < 1.29 is 9.53 Å². The van der Waals surface area contributed by atoms with E-state index in [4.69, 9.17) is 4.74 Å². The molecule has 0 N–H and O–H groups in total. The van der Waals surface area contributed by atoms with Gasteiger partial charge in [0.05, 0.1) is 7.11 Å². The molecule has 3 heteroatoms. The third-order valence-electron chi connectivity index (χ3n) is 8.10. The first-order chi connectivity index (χ1) is 15.9. The fourth-order valence-electron chi connectivity index (χ4n) is 5.94. The van der Waals surface area contributed by atoms with Gasteiger partial charge >= 0.3 is 0 Å². The molecule has 4 atom stereocenters. The van der Waals surface area contributed by atoms with Gasteiger partial charge in [0.2, 0.25) is 0 Å². The summed E-state index contributed by atoms with van der Waals surface area (Å²) in [6, 6.07) is 9.18. The maximum Gasteiger partial charge on any atom is 0.132 e. The van der Waals surface area contributed by atoms with E-state index in [-0.39, 0.29) is 0 Å². The van der Waals surface area contributed by atoms with Crippen molar-refractivity contribution in [1.29, 1.82) is 0 Å². The molecule has 0 bridgehead atoms. The summed E-state index contributed by atoms with van der Waals surface area (Å²) >= 11 is 0. The van der Waals surface area contributed by atoms with E-state index in [1.54, 1.807) is 7.11 Å². The number of unbranched alkanes of at least 4 members (excludes halogenated alkanes) is 3. The van der Waals surface area contributed by atoms with Crippen molar-refractivity contribution >= 4 is 5.78 Å². The Labute approximate surface area is 204 Å². The van der Waals surface area contributed by atoms with E-state index in [0.29, 0.717) is 11.8 Å². The Hall–Kier alpha value is -1.35. The van der Waals surface area contributed by atoms with Crippen LogP contribution in [-0.4, -0.2) is 37.9 Å². The molecule has 0 spiro atoms. The topological polar surface area (TPSA) is 29.5 Å². The van der Waals surface area contributed by atoms with Crippen molar-refractivity contribution in [2.45, 2.75) is 110 Å². The van der Waals surface area contributed by atoms with Crippen LogP contribution in [0.15, 0.2) is 24.3 Å². The van der Waals surface area contributed by atoms with Crippen LogP contribution in [0, 0.1) is 17.8 Å². The Bertz CT molecular complexity index is 671. The number of ketones is 1. The van der Waals surface area contributed by atoms with Crippen LogP contribution < -0.4 is 4.74 Å². The van der Waals surface area contributed by atoms with Gasteiger partial charge in [-0.25, -0.2) is 0 Å². The highest BCUT2D eigenvalue weighted by Crippen LogP contribution is 2.42. The highest BCUT2D eigenvalue weighted by Gasteiger charge is 2.33. The Balaban J connectivity index is 1.73. The number of aryl methyl sites for hydroxylation is 1. The Morgan fingerprint density at radius 3 is 2.58 bits per heavy atom. The molecule has 0 radical (unpaired) electrons. The Kier molecular flexibility index (Phi) is 13.1. The maximum absolute atomic E-state index is 11.7. The van der Waals surface area contributed by atoms with E-state index < -0.39 is 0 Å². The smallest absolute Gasteiger partial charge is 0.132 e. The third kappa shape index (κ3) is 10.2. The van der Waals surface area contributed by atoms with E-state index in [0.717, 1.165) is 55.6 Å². The molecule has 1 aromatic rings. The molecule has 3 nitrogen and oxygen atoms in total. The largest absolute Gasteiger partial charge is 0.497 e. The first kappa shape index (κ1) is 27.9. The molecule has 0 aliphatic heterocycles. The first-order valence-electron chi connectivity index (χ1n) is 13.8. The van der Waals surface area contributed by atoms with Crippen molar-refractivity contribution in [3.8, 4) is 5.75 Å². The number of rotatable bonds is 17. The summed E-state index contributed by atoms with van der Waals surface area (Å²) in [5.74, 6) is 4.12. The van der Waals surface area contributed by atoms with Crippen LogP contribution in [0.3, 0.4) is 0 Å². The quantitative estimate of drug-likeness (QED) is 0.224. The Morgan fingerprint density at radius 2 is 1.85 bits per heavy atom. The lowest BCUT2D eigenvalue weighted by Crippen LogP contribution is -2.30. The van der Waals surface area contributed by atoms with E-state index in [1.807, 2.05) is 6.07 Å². The van der Waals surface area contributed by atoms with Gasteiger partial charge in [0, 0.05) is 18.9 Å². The molecular formula is C30H51NO2. The third-order valence-corrected chi connectivity index (χ3v) is 8.10. The molecule has 2 unspecified atom stereocenters. The number of hydrogen-bond acceptors (Lipinski definition) is 3. The van der Waals surface area contributed by atoms with Crippen molar-refractivity contribution in [2.75, 3.05) is 21.2 Å². The monoisotopic (exact) mass is 457 g/mol. The predicted octanol–water partition coefficient (Wildman–Crippen LogP) is 7.71. The van der Waals surface area contributed by atoms with Crippen LogP contribution in [0.1, 0.15) is 103 Å². The number of carbonyl (C=O) groups excluding carboxylic acids is 1. The van der Waals surface area contributed by atoms with Crippen LogP contribution >= 0.6 is 0 Å². The molecule has 0 amide bonds. The van der Waals surface area contributed by atoms with E-state index in [9.17, 15) is 4.79 Å². The van der Waals surface area contributed by atoms with E-state index in [1.165, 1.54) is 63.4 Å². The fourth-order valence-corrected chi connectivity index (χ4v) is 5.94. The van der Waals surface area contributed by atoms with Gasteiger partial charge in [-0.1, -0.05) is 58.1 Å². The normalized spacial score (nSPS) is 21.5. The summed E-state index contributed by atoms with van der Waals surface area (Å²) in [7, 11) is 6.24. The summed E-state index contributed by atoms with van der Waals surface area (Å²) in [6.07, 6.45) is 16.8. The average molecular weight is 458 g/mol. The van der Waals surface area contributed by atoms with Gasteiger partial charge in [0.15, 0.2) is 0 Å². The number of hydrogen-bond donors (Lipinski definition) is 0. The van der Waals surface area contributed by atoms with E-state index in [2.05, 4.69) is 51.0 Å². The van der Waals surface area contributed by atoms with Crippen molar-refractivity contribution in [2.24, 2.45) is 17.8 Å². The van der Waals surface area contributed by atoms with Gasteiger partial charge in [0.1, 0.15) is 11.5 Å².